The Kier molecular flexibility index (Phi) is 5.59. The van der Waals surface area contributed by atoms with Crippen LogP contribution in [0.3, 0.4) is 0 Å². The molecule has 1 aliphatic rings. The molecule has 0 spiro atoms. The van der Waals surface area contributed by atoms with Gasteiger partial charge in [0, 0.05) is 43.2 Å². The molecule has 0 saturated carbocycles. The van der Waals surface area contributed by atoms with Gasteiger partial charge in [-0.2, -0.15) is 8.42 Å². The summed E-state index contributed by atoms with van der Waals surface area (Å²) in [6.45, 7) is 7.19. The van der Waals surface area contributed by atoms with Crippen LogP contribution in [0, 0.1) is 6.92 Å². The van der Waals surface area contributed by atoms with E-state index >= 15 is 0 Å². The van der Waals surface area contributed by atoms with Gasteiger partial charge in [0.05, 0.1) is 17.6 Å². The van der Waals surface area contributed by atoms with Gasteiger partial charge in [-0.15, -0.1) is 0 Å². The van der Waals surface area contributed by atoms with Crippen molar-refractivity contribution in [3.63, 3.8) is 0 Å². The number of piperazine rings is 1. The van der Waals surface area contributed by atoms with Gasteiger partial charge in [0.1, 0.15) is 17.1 Å². The number of ether oxygens (including phenoxy) is 1. The van der Waals surface area contributed by atoms with E-state index < -0.39 is 10.1 Å². The predicted molar refractivity (Wildman–Crippen MR) is 115 cm³/mol. The number of methoxy groups -OCH3 is 1. The summed E-state index contributed by atoms with van der Waals surface area (Å²) < 4.78 is 45.1. The fourth-order valence-electron chi connectivity index (χ4n) is 4.01. The first-order valence-electron chi connectivity index (χ1n) is 9.89. The third-order valence-electron chi connectivity index (χ3n) is 5.43. The zero-order valence-electron chi connectivity index (χ0n) is 17.3. The molecular weight excluding hydrogens is 404 g/mol. The topological polar surface area (TPSA) is 92.0 Å². The number of fused-ring (bicyclic) bond motifs is 1. The maximum absolute atomic E-state index is 11.9. The highest BCUT2D eigenvalue weighted by Crippen LogP contribution is 2.37. The minimum atomic E-state index is -4.34. The molecule has 3 aromatic rings. The average Bonchev–Trinajstić information content (AvgIpc) is 3.12. The Morgan fingerprint density at radius 3 is 2.77 bits per heavy atom. The molecule has 0 bridgehead atoms. The second kappa shape index (κ2) is 8.03. The Labute approximate surface area is 176 Å². The lowest BCUT2D eigenvalue weighted by Gasteiger charge is -2.31. The van der Waals surface area contributed by atoms with E-state index in [2.05, 4.69) is 17.1 Å². The first-order chi connectivity index (χ1) is 14.2. The summed E-state index contributed by atoms with van der Waals surface area (Å²) in [7, 11) is -2.74. The van der Waals surface area contributed by atoms with Crippen LogP contribution in [0.15, 0.2) is 45.7 Å². The van der Waals surface area contributed by atoms with E-state index in [-0.39, 0.29) is 4.90 Å². The fourth-order valence-corrected chi connectivity index (χ4v) is 4.57. The van der Waals surface area contributed by atoms with Crippen LogP contribution in [-0.2, 0) is 16.7 Å². The second-order valence-corrected chi connectivity index (χ2v) is 9.30. The Morgan fingerprint density at radius 2 is 2.07 bits per heavy atom. The van der Waals surface area contributed by atoms with Crippen molar-refractivity contribution >= 4 is 21.1 Å². The van der Waals surface area contributed by atoms with E-state index in [1.54, 1.807) is 13.2 Å². The zero-order chi connectivity index (χ0) is 21.5. The summed E-state index contributed by atoms with van der Waals surface area (Å²) in [5.41, 5.74) is 3.20. The maximum atomic E-state index is 11.9. The number of rotatable bonds is 5. The molecule has 2 heterocycles. The van der Waals surface area contributed by atoms with Crippen LogP contribution in [0.5, 0.6) is 5.75 Å². The molecule has 0 aliphatic carbocycles. The highest BCUT2D eigenvalue weighted by molar-refractivity contribution is 7.85. The standard InChI is InChI=1S/C22H26N2O5S/c1-14-4-5-20(28-3)19(8-14)21-11-16-9-18(30(25,26)27)10-17(22(16)29-21)13-24-7-6-23-15(2)12-24/h4-5,8-11,15,23H,6-7,12-13H2,1-3H3,(H,25,26,27)/t15-/m0/s1. The first kappa shape index (κ1) is 20.9. The van der Waals surface area contributed by atoms with Crippen LogP contribution in [0.1, 0.15) is 18.1 Å². The molecular formula is C22H26N2O5S. The third-order valence-corrected chi connectivity index (χ3v) is 6.26. The number of hydrogen-bond acceptors (Lipinski definition) is 6. The summed E-state index contributed by atoms with van der Waals surface area (Å²) >= 11 is 0. The van der Waals surface area contributed by atoms with Crippen molar-refractivity contribution in [2.75, 3.05) is 26.7 Å². The number of nitrogens with one attached hydrogen (secondary N) is 1. The summed E-state index contributed by atoms with van der Waals surface area (Å²) in [5, 5.41) is 4.03. The van der Waals surface area contributed by atoms with Gasteiger partial charge in [-0.1, -0.05) is 11.6 Å². The van der Waals surface area contributed by atoms with E-state index in [1.807, 2.05) is 25.1 Å². The van der Waals surface area contributed by atoms with Crippen LogP contribution in [-0.4, -0.2) is 50.7 Å². The minimum Gasteiger partial charge on any atom is -0.496 e. The van der Waals surface area contributed by atoms with Gasteiger partial charge in [-0.3, -0.25) is 9.45 Å². The fraction of sp³-hybridized carbons (Fsp3) is 0.364. The molecule has 1 aromatic heterocycles. The quantitative estimate of drug-likeness (QED) is 0.599. The van der Waals surface area contributed by atoms with Crippen molar-refractivity contribution in [3.05, 3.63) is 47.5 Å². The lowest BCUT2D eigenvalue weighted by atomic mass is 10.1. The Balaban J connectivity index is 1.84. The van der Waals surface area contributed by atoms with Crippen molar-refractivity contribution in [1.29, 1.82) is 0 Å². The lowest BCUT2D eigenvalue weighted by Crippen LogP contribution is -2.48. The number of nitrogens with zero attached hydrogens (tertiary/aromatic N) is 1. The van der Waals surface area contributed by atoms with E-state index in [9.17, 15) is 13.0 Å². The van der Waals surface area contributed by atoms with Gasteiger partial charge in [-0.05, 0) is 44.2 Å². The number of benzene rings is 2. The molecule has 1 atom stereocenters. The molecule has 2 aromatic carbocycles. The molecule has 7 nitrogen and oxygen atoms in total. The van der Waals surface area contributed by atoms with Crippen LogP contribution in [0.4, 0.5) is 0 Å². The van der Waals surface area contributed by atoms with Gasteiger partial charge in [0.25, 0.3) is 10.1 Å². The summed E-state index contributed by atoms with van der Waals surface area (Å²) in [5.74, 6) is 1.26. The Hall–Kier alpha value is -2.39. The van der Waals surface area contributed by atoms with E-state index in [4.69, 9.17) is 9.15 Å². The van der Waals surface area contributed by atoms with Crippen LogP contribution < -0.4 is 10.1 Å². The van der Waals surface area contributed by atoms with Gasteiger partial charge in [0.2, 0.25) is 0 Å². The minimum absolute atomic E-state index is 0.128. The largest absolute Gasteiger partial charge is 0.496 e. The van der Waals surface area contributed by atoms with Crippen molar-refractivity contribution in [2.24, 2.45) is 0 Å². The average molecular weight is 431 g/mol. The molecule has 1 saturated heterocycles. The molecule has 0 unspecified atom stereocenters. The third kappa shape index (κ3) is 4.22. The molecule has 1 aliphatic heterocycles. The summed E-state index contributed by atoms with van der Waals surface area (Å²) in [6, 6.07) is 10.9. The van der Waals surface area contributed by atoms with Crippen LogP contribution >= 0.6 is 0 Å². The maximum Gasteiger partial charge on any atom is 0.294 e. The number of hydrogen-bond donors (Lipinski definition) is 2. The number of aryl methyl sites for hydroxylation is 1. The van der Waals surface area contributed by atoms with Crippen molar-refractivity contribution < 1.29 is 22.1 Å². The summed E-state index contributed by atoms with van der Waals surface area (Å²) in [4.78, 5) is 2.12. The van der Waals surface area contributed by atoms with Gasteiger partial charge >= 0.3 is 0 Å². The molecule has 8 heteroatoms. The smallest absolute Gasteiger partial charge is 0.294 e. The molecule has 2 N–H and O–H groups in total. The van der Waals surface area contributed by atoms with Crippen molar-refractivity contribution in [1.82, 2.24) is 10.2 Å². The Morgan fingerprint density at radius 1 is 1.27 bits per heavy atom. The van der Waals surface area contributed by atoms with Crippen LogP contribution in [0.2, 0.25) is 0 Å². The molecule has 0 amide bonds. The zero-order valence-corrected chi connectivity index (χ0v) is 18.1. The number of furan rings is 1. The van der Waals surface area contributed by atoms with Gasteiger partial charge < -0.3 is 14.5 Å². The highest BCUT2D eigenvalue weighted by atomic mass is 32.2. The Bertz CT molecular complexity index is 1190. The highest BCUT2D eigenvalue weighted by Gasteiger charge is 2.22. The molecule has 160 valence electrons. The normalized spacial score (nSPS) is 18.1. The van der Waals surface area contributed by atoms with Crippen LogP contribution in [0.25, 0.3) is 22.3 Å². The molecule has 0 radical (unpaired) electrons. The SMILES string of the molecule is COc1ccc(C)cc1-c1cc2cc(S(=O)(=O)O)cc(CN3CCN[C@@H](C)C3)c2o1. The predicted octanol–water partition coefficient (Wildman–Crippen LogP) is 3.46. The molecule has 1 fully saturated rings. The van der Waals surface area contributed by atoms with Gasteiger partial charge in [-0.25, -0.2) is 0 Å². The molecule has 4 rings (SSSR count). The lowest BCUT2D eigenvalue weighted by molar-refractivity contribution is 0.199. The van der Waals surface area contributed by atoms with E-state index in [0.29, 0.717) is 35.1 Å². The molecule has 30 heavy (non-hydrogen) atoms. The van der Waals surface area contributed by atoms with E-state index in [1.165, 1.54) is 12.1 Å². The monoisotopic (exact) mass is 430 g/mol. The van der Waals surface area contributed by atoms with Crippen molar-refractivity contribution in [3.8, 4) is 17.1 Å². The van der Waals surface area contributed by atoms with Gasteiger partial charge in [0.15, 0.2) is 0 Å². The van der Waals surface area contributed by atoms with Crippen molar-refractivity contribution in [2.45, 2.75) is 31.3 Å². The summed E-state index contributed by atoms with van der Waals surface area (Å²) in [6.07, 6.45) is 0. The second-order valence-electron chi connectivity index (χ2n) is 7.88. The van der Waals surface area contributed by atoms with E-state index in [0.717, 1.165) is 36.3 Å². The first-order valence-corrected chi connectivity index (χ1v) is 11.3.